The fourth-order valence-electron chi connectivity index (χ4n) is 5.92. The molecule has 0 saturated carbocycles. The van der Waals surface area contributed by atoms with Crippen molar-refractivity contribution < 1.29 is 13.2 Å². The summed E-state index contributed by atoms with van der Waals surface area (Å²) in [5.74, 6) is -1.99. The molecule has 33 heavy (non-hydrogen) atoms. The molecule has 1 fully saturated rings. The molecule has 0 unspecified atom stereocenters. The summed E-state index contributed by atoms with van der Waals surface area (Å²) in [4.78, 5) is 2.28. The van der Waals surface area contributed by atoms with Crippen LogP contribution in [-0.4, -0.2) is 17.6 Å². The summed E-state index contributed by atoms with van der Waals surface area (Å²) in [7, 11) is 0. The molecule has 4 atom stereocenters. The van der Waals surface area contributed by atoms with Crippen LogP contribution in [0.1, 0.15) is 35.6 Å². The first kappa shape index (κ1) is 22.0. The SMILES string of the molecule is FC(F)(F)[C@@H]1CC=C(c2ccccc2)[C@@H]2CCN(Cc3ccccc3)[C@H](c3ccccc3)[C@@H]12. The Bertz CT molecular complexity index is 1080. The molecule has 0 amide bonds. The summed E-state index contributed by atoms with van der Waals surface area (Å²) in [6, 6.07) is 29.6. The third-order valence-electron chi connectivity index (χ3n) is 7.30. The highest BCUT2D eigenvalue weighted by Crippen LogP contribution is 2.56. The minimum absolute atomic E-state index is 0.0391. The van der Waals surface area contributed by atoms with Crippen LogP contribution in [0.25, 0.3) is 5.57 Å². The van der Waals surface area contributed by atoms with Gasteiger partial charge >= 0.3 is 6.18 Å². The third-order valence-corrected chi connectivity index (χ3v) is 7.30. The van der Waals surface area contributed by atoms with Crippen molar-refractivity contribution in [3.63, 3.8) is 0 Å². The lowest BCUT2D eigenvalue weighted by Gasteiger charge is -2.51. The van der Waals surface area contributed by atoms with Crippen LogP contribution in [0.5, 0.6) is 0 Å². The Balaban J connectivity index is 1.60. The summed E-state index contributed by atoms with van der Waals surface area (Å²) in [6.45, 7) is 1.42. The number of alkyl halides is 3. The number of hydrogen-bond acceptors (Lipinski definition) is 1. The monoisotopic (exact) mass is 447 g/mol. The number of fused-ring (bicyclic) bond motifs is 1. The average Bonchev–Trinajstić information content (AvgIpc) is 2.84. The number of likely N-dealkylation sites (tertiary alicyclic amines) is 1. The fourth-order valence-corrected chi connectivity index (χ4v) is 5.92. The van der Waals surface area contributed by atoms with E-state index >= 15 is 0 Å². The Morgan fingerprint density at radius 2 is 1.39 bits per heavy atom. The first-order valence-corrected chi connectivity index (χ1v) is 11.7. The summed E-state index contributed by atoms with van der Waals surface area (Å²) < 4.78 is 43.3. The number of hydrogen-bond donors (Lipinski definition) is 0. The molecular formula is C29H28F3N. The molecule has 1 aliphatic heterocycles. The van der Waals surface area contributed by atoms with Crippen molar-refractivity contribution in [1.29, 1.82) is 0 Å². The topological polar surface area (TPSA) is 3.24 Å². The Hall–Kier alpha value is -2.85. The minimum Gasteiger partial charge on any atom is -0.292 e. The molecule has 0 aromatic heterocycles. The molecule has 1 nitrogen and oxygen atoms in total. The van der Waals surface area contributed by atoms with Gasteiger partial charge in [0.05, 0.1) is 5.92 Å². The normalized spacial score (nSPS) is 25.8. The van der Waals surface area contributed by atoms with Gasteiger partial charge in [0, 0.05) is 12.6 Å². The molecule has 0 radical (unpaired) electrons. The van der Waals surface area contributed by atoms with E-state index in [4.69, 9.17) is 0 Å². The van der Waals surface area contributed by atoms with Gasteiger partial charge < -0.3 is 0 Å². The zero-order valence-corrected chi connectivity index (χ0v) is 18.5. The lowest BCUT2D eigenvalue weighted by Crippen LogP contribution is -2.50. The van der Waals surface area contributed by atoms with Gasteiger partial charge in [0.25, 0.3) is 0 Å². The standard InChI is InChI=1S/C29H28F3N/c30-29(31,32)26-17-16-24(22-12-6-2-7-13-22)25-18-19-33(20-21-10-4-1-5-11-21)28(27(25)26)23-14-8-3-9-15-23/h1-16,25-28H,17-20H2/t25-,26+,27+,28+/m0/s1. The van der Waals surface area contributed by atoms with Crippen molar-refractivity contribution >= 4 is 5.57 Å². The van der Waals surface area contributed by atoms with E-state index in [2.05, 4.69) is 17.0 Å². The minimum atomic E-state index is -4.23. The summed E-state index contributed by atoms with van der Waals surface area (Å²) in [5, 5.41) is 0. The van der Waals surface area contributed by atoms with E-state index in [0.717, 1.165) is 35.2 Å². The van der Waals surface area contributed by atoms with Crippen LogP contribution in [0.15, 0.2) is 97.1 Å². The highest BCUT2D eigenvalue weighted by molar-refractivity contribution is 5.69. The van der Waals surface area contributed by atoms with E-state index < -0.39 is 18.0 Å². The predicted molar refractivity (Wildman–Crippen MR) is 126 cm³/mol. The number of halogens is 3. The Morgan fingerprint density at radius 1 is 0.788 bits per heavy atom. The lowest BCUT2D eigenvalue weighted by molar-refractivity contribution is -0.205. The maximum atomic E-state index is 14.4. The summed E-state index contributed by atoms with van der Waals surface area (Å²) in [6.07, 6.45) is -1.60. The van der Waals surface area contributed by atoms with Crippen LogP contribution < -0.4 is 0 Å². The van der Waals surface area contributed by atoms with Crippen molar-refractivity contribution in [2.45, 2.75) is 31.6 Å². The second kappa shape index (κ2) is 9.18. The molecule has 4 heteroatoms. The van der Waals surface area contributed by atoms with Crippen molar-refractivity contribution in [2.24, 2.45) is 17.8 Å². The number of rotatable bonds is 4. The number of allylic oxidation sites excluding steroid dienone is 2. The fraction of sp³-hybridized carbons (Fsp3) is 0.310. The Labute approximate surface area is 193 Å². The van der Waals surface area contributed by atoms with Crippen molar-refractivity contribution in [3.8, 4) is 0 Å². The molecule has 0 N–H and O–H groups in total. The van der Waals surface area contributed by atoms with Crippen molar-refractivity contribution in [1.82, 2.24) is 4.90 Å². The van der Waals surface area contributed by atoms with Crippen LogP contribution in [0.4, 0.5) is 13.2 Å². The van der Waals surface area contributed by atoms with Gasteiger partial charge in [0.1, 0.15) is 0 Å². The maximum absolute atomic E-state index is 14.4. The summed E-state index contributed by atoms with van der Waals surface area (Å²) in [5.41, 5.74) is 4.25. The van der Waals surface area contributed by atoms with Crippen LogP contribution in [0.3, 0.4) is 0 Å². The quantitative estimate of drug-likeness (QED) is 0.399. The molecule has 2 aliphatic rings. The van der Waals surface area contributed by atoms with Crippen LogP contribution in [0, 0.1) is 17.8 Å². The molecule has 1 aliphatic carbocycles. The van der Waals surface area contributed by atoms with Crippen molar-refractivity contribution in [2.75, 3.05) is 6.54 Å². The van der Waals surface area contributed by atoms with E-state index in [0.29, 0.717) is 6.54 Å². The lowest BCUT2D eigenvalue weighted by atomic mass is 9.62. The molecule has 1 saturated heterocycles. The van der Waals surface area contributed by atoms with Gasteiger partial charge in [-0.25, -0.2) is 0 Å². The maximum Gasteiger partial charge on any atom is 0.392 e. The van der Waals surface area contributed by atoms with Crippen LogP contribution >= 0.6 is 0 Å². The van der Waals surface area contributed by atoms with Crippen LogP contribution in [0.2, 0.25) is 0 Å². The Morgan fingerprint density at radius 3 is 2.03 bits per heavy atom. The number of piperidine rings is 1. The van der Waals surface area contributed by atoms with Gasteiger partial charge in [-0.1, -0.05) is 97.1 Å². The van der Waals surface area contributed by atoms with Gasteiger partial charge in [-0.3, -0.25) is 4.90 Å². The molecule has 3 aromatic carbocycles. The van der Waals surface area contributed by atoms with E-state index in [9.17, 15) is 13.2 Å². The Kier molecular flexibility index (Phi) is 6.11. The highest BCUT2D eigenvalue weighted by atomic mass is 19.4. The first-order chi connectivity index (χ1) is 16.0. The third kappa shape index (κ3) is 4.49. The molecule has 170 valence electrons. The van der Waals surface area contributed by atoms with Gasteiger partial charge in [-0.2, -0.15) is 13.2 Å². The van der Waals surface area contributed by atoms with E-state index in [1.54, 1.807) is 0 Å². The van der Waals surface area contributed by atoms with Gasteiger partial charge in [-0.15, -0.1) is 0 Å². The predicted octanol–water partition coefficient (Wildman–Crippen LogP) is 7.53. The zero-order valence-electron chi connectivity index (χ0n) is 18.5. The molecule has 0 spiro atoms. The second-order valence-electron chi connectivity index (χ2n) is 9.19. The number of benzene rings is 3. The largest absolute Gasteiger partial charge is 0.392 e. The van der Waals surface area contributed by atoms with Gasteiger partial charge in [0.2, 0.25) is 0 Å². The molecular weight excluding hydrogens is 419 g/mol. The second-order valence-corrected chi connectivity index (χ2v) is 9.19. The molecule has 3 aromatic rings. The number of nitrogens with zero attached hydrogens (tertiary/aromatic N) is 1. The average molecular weight is 448 g/mol. The molecule has 5 rings (SSSR count). The van der Waals surface area contributed by atoms with Gasteiger partial charge in [0.15, 0.2) is 0 Å². The van der Waals surface area contributed by atoms with E-state index in [1.165, 1.54) is 0 Å². The summed E-state index contributed by atoms with van der Waals surface area (Å²) >= 11 is 0. The molecule has 1 heterocycles. The van der Waals surface area contributed by atoms with E-state index in [-0.39, 0.29) is 18.4 Å². The first-order valence-electron chi connectivity index (χ1n) is 11.7. The molecule has 0 bridgehead atoms. The van der Waals surface area contributed by atoms with E-state index in [1.807, 2.05) is 84.9 Å². The highest BCUT2D eigenvalue weighted by Gasteiger charge is 2.54. The smallest absolute Gasteiger partial charge is 0.292 e. The zero-order chi connectivity index (χ0) is 22.8. The van der Waals surface area contributed by atoms with Crippen LogP contribution in [-0.2, 0) is 6.54 Å². The van der Waals surface area contributed by atoms with Gasteiger partial charge in [-0.05, 0) is 53.5 Å². The van der Waals surface area contributed by atoms with Crippen molar-refractivity contribution in [3.05, 3.63) is 114 Å².